The van der Waals surface area contributed by atoms with Gasteiger partial charge in [-0.1, -0.05) is 19.3 Å². The van der Waals surface area contributed by atoms with Gasteiger partial charge < -0.3 is 15.4 Å². The molecule has 1 amide bonds. The molecule has 0 aromatic heterocycles. The lowest BCUT2D eigenvalue weighted by molar-refractivity contribution is 0.0742. The van der Waals surface area contributed by atoms with Gasteiger partial charge in [0.25, 0.3) is 5.91 Å². The third-order valence-electron chi connectivity index (χ3n) is 3.55. The lowest BCUT2D eigenvalue weighted by atomic mass is 10.1. The molecule has 19 heavy (non-hydrogen) atoms. The number of nitrogens with zero attached hydrogens (tertiary/aromatic N) is 1. The van der Waals surface area contributed by atoms with E-state index in [0.29, 0.717) is 17.0 Å². The molecule has 1 aliphatic heterocycles. The van der Waals surface area contributed by atoms with Crippen molar-refractivity contribution < 1.29 is 9.53 Å². The Hall–Kier alpha value is -1.71. The molecule has 1 fully saturated rings. The predicted octanol–water partition coefficient (Wildman–Crippen LogP) is 2.68. The van der Waals surface area contributed by atoms with E-state index < -0.39 is 0 Å². The van der Waals surface area contributed by atoms with Crippen LogP contribution in [0.1, 0.15) is 42.5 Å². The molecule has 104 valence electrons. The van der Waals surface area contributed by atoms with Crippen LogP contribution in [-0.2, 0) is 0 Å². The summed E-state index contributed by atoms with van der Waals surface area (Å²) in [6, 6.07) is 5.21. The van der Waals surface area contributed by atoms with Gasteiger partial charge >= 0.3 is 0 Å². The van der Waals surface area contributed by atoms with Crippen molar-refractivity contribution in [2.24, 2.45) is 0 Å². The van der Waals surface area contributed by atoms with Crippen LogP contribution in [0, 0.1) is 0 Å². The maximum atomic E-state index is 12.5. The van der Waals surface area contributed by atoms with Gasteiger partial charge in [0, 0.05) is 30.4 Å². The van der Waals surface area contributed by atoms with Gasteiger partial charge in [0.15, 0.2) is 0 Å². The number of hydrogen-bond donors (Lipinski definition) is 1. The van der Waals surface area contributed by atoms with Crippen LogP contribution in [0.4, 0.5) is 5.69 Å². The third kappa shape index (κ3) is 3.63. The highest BCUT2D eigenvalue weighted by atomic mass is 16.5. The number of carbonyl (C=O) groups is 1. The van der Waals surface area contributed by atoms with Crippen LogP contribution in [0.25, 0.3) is 0 Å². The van der Waals surface area contributed by atoms with E-state index >= 15 is 0 Å². The fraction of sp³-hybridized carbons (Fsp3) is 0.533. The Morgan fingerprint density at radius 2 is 1.74 bits per heavy atom. The first-order valence-electron chi connectivity index (χ1n) is 6.94. The molecule has 0 aliphatic carbocycles. The molecule has 0 radical (unpaired) electrons. The molecular weight excluding hydrogens is 240 g/mol. The monoisotopic (exact) mass is 262 g/mol. The van der Waals surface area contributed by atoms with Crippen molar-refractivity contribution in [1.82, 2.24) is 4.90 Å². The van der Waals surface area contributed by atoms with E-state index in [2.05, 4.69) is 0 Å². The molecule has 1 aromatic rings. The summed E-state index contributed by atoms with van der Waals surface area (Å²) in [5.74, 6) is 0.697. The van der Waals surface area contributed by atoms with E-state index in [1.165, 1.54) is 19.3 Å². The molecule has 4 nitrogen and oxygen atoms in total. The van der Waals surface area contributed by atoms with Crippen LogP contribution in [0.2, 0.25) is 0 Å². The summed E-state index contributed by atoms with van der Waals surface area (Å²) in [4.78, 5) is 14.4. The molecule has 1 heterocycles. The standard InChI is InChI=1S/C15H22N2O2/c1-19-14-10-12(9-13(16)11-14)15(18)17-7-5-3-2-4-6-8-17/h9-11H,2-8,16H2,1H3. The second-order valence-corrected chi connectivity index (χ2v) is 5.05. The SMILES string of the molecule is COc1cc(N)cc(C(=O)N2CCCCCCC2)c1. The molecule has 1 aliphatic rings. The van der Waals surface area contributed by atoms with Gasteiger partial charge in [-0.3, -0.25) is 4.79 Å². The molecule has 1 aromatic carbocycles. The maximum Gasteiger partial charge on any atom is 0.254 e. The third-order valence-corrected chi connectivity index (χ3v) is 3.55. The zero-order valence-electron chi connectivity index (χ0n) is 11.5. The van der Waals surface area contributed by atoms with E-state index in [0.717, 1.165) is 25.9 Å². The molecule has 2 rings (SSSR count). The number of hydrogen-bond acceptors (Lipinski definition) is 3. The van der Waals surface area contributed by atoms with Crippen LogP contribution < -0.4 is 10.5 Å². The Balaban J connectivity index is 2.15. The number of carbonyl (C=O) groups excluding carboxylic acids is 1. The van der Waals surface area contributed by atoms with E-state index in [1.807, 2.05) is 4.90 Å². The van der Waals surface area contributed by atoms with Gasteiger partial charge in [-0.2, -0.15) is 0 Å². The fourth-order valence-corrected chi connectivity index (χ4v) is 2.50. The van der Waals surface area contributed by atoms with Crippen molar-refractivity contribution in [3.05, 3.63) is 23.8 Å². The van der Waals surface area contributed by atoms with Crippen molar-refractivity contribution in [1.29, 1.82) is 0 Å². The summed E-state index contributed by atoms with van der Waals surface area (Å²) >= 11 is 0. The Morgan fingerprint density at radius 3 is 2.37 bits per heavy atom. The number of nitrogens with two attached hydrogens (primary N) is 1. The molecule has 0 unspecified atom stereocenters. The maximum absolute atomic E-state index is 12.5. The number of methoxy groups -OCH3 is 1. The van der Waals surface area contributed by atoms with Crippen molar-refractivity contribution in [2.45, 2.75) is 32.1 Å². The minimum absolute atomic E-state index is 0.0625. The minimum Gasteiger partial charge on any atom is -0.497 e. The quantitative estimate of drug-likeness (QED) is 0.834. The highest BCUT2D eigenvalue weighted by Crippen LogP contribution is 2.21. The number of anilines is 1. The second kappa shape index (κ2) is 6.45. The predicted molar refractivity (Wildman–Crippen MR) is 76.4 cm³/mol. The van der Waals surface area contributed by atoms with Crippen LogP contribution in [0.3, 0.4) is 0 Å². The van der Waals surface area contributed by atoms with Crippen molar-refractivity contribution in [3.8, 4) is 5.75 Å². The highest BCUT2D eigenvalue weighted by molar-refractivity contribution is 5.95. The topological polar surface area (TPSA) is 55.6 Å². The summed E-state index contributed by atoms with van der Waals surface area (Å²) in [6.45, 7) is 1.69. The second-order valence-electron chi connectivity index (χ2n) is 5.05. The zero-order valence-corrected chi connectivity index (χ0v) is 11.5. The number of nitrogen functional groups attached to an aromatic ring is 1. The molecule has 0 atom stereocenters. The largest absolute Gasteiger partial charge is 0.497 e. The van der Waals surface area contributed by atoms with Crippen LogP contribution >= 0.6 is 0 Å². The molecule has 2 N–H and O–H groups in total. The number of ether oxygens (including phenoxy) is 1. The lowest BCUT2D eigenvalue weighted by Gasteiger charge is -2.25. The average Bonchev–Trinajstić information content (AvgIpc) is 2.37. The van der Waals surface area contributed by atoms with Crippen molar-refractivity contribution in [3.63, 3.8) is 0 Å². The first kappa shape index (κ1) is 13.7. The minimum atomic E-state index is 0.0625. The molecule has 0 saturated carbocycles. The molecule has 0 bridgehead atoms. The van der Waals surface area contributed by atoms with Gasteiger partial charge in [0.2, 0.25) is 0 Å². The van der Waals surface area contributed by atoms with E-state index in [9.17, 15) is 4.79 Å². The van der Waals surface area contributed by atoms with E-state index in [1.54, 1.807) is 25.3 Å². The van der Waals surface area contributed by atoms with Crippen molar-refractivity contribution >= 4 is 11.6 Å². The van der Waals surface area contributed by atoms with Gasteiger partial charge in [-0.15, -0.1) is 0 Å². The summed E-state index contributed by atoms with van der Waals surface area (Å²) in [5.41, 5.74) is 6.99. The van der Waals surface area contributed by atoms with Crippen LogP contribution in [-0.4, -0.2) is 31.0 Å². The zero-order chi connectivity index (χ0) is 13.7. The molecule has 0 spiro atoms. The first-order chi connectivity index (χ1) is 9.20. The Kier molecular flexibility index (Phi) is 4.66. The fourth-order valence-electron chi connectivity index (χ4n) is 2.50. The first-order valence-corrected chi connectivity index (χ1v) is 6.94. The summed E-state index contributed by atoms with van der Waals surface area (Å²) in [5, 5.41) is 0. The van der Waals surface area contributed by atoms with Crippen LogP contribution in [0.5, 0.6) is 5.75 Å². The number of rotatable bonds is 2. The van der Waals surface area contributed by atoms with Gasteiger partial charge in [-0.25, -0.2) is 0 Å². The normalized spacial score (nSPS) is 16.6. The highest BCUT2D eigenvalue weighted by Gasteiger charge is 2.17. The Labute approximate surface area is 114 Å². The number of amides is 1. The van der Waals surface area contributed by atoms with Gasteiger partial charge in [-0.05, 0) is 25.0 Å². The Bertz CT molecular complexity index is 438. The van der Waals surface area contributed by atoms with Gasteiger partial charge in [0.05, 0.1) is 7.11 Å². The number of benzene rings is 1. The van der Waals surface area contributed by atoms with E-state index in [4.69, 9.17) is 10.5 Å². The van der Waals surface area contributed by atoms with Crippen molar-refractivity contribution in [2.75, 3.05) is 25.9 Å². The number of likely N-dealkylation sites (tertiary alicyclic amines) is 1. The average molecular weight is 262 g/mol. The lowest BCUT2D eigenvalue weighted by Crippen LogP contribution is -2.33. The Morgan fingerprint density at radius 1 is 1.11 bits per heavy atom. The smallest absolute Gasteiger partial charge is 0.254 e. The summed E-state index contributed by atoms with van der Waals surface area (Å²) < 4.78 is 5.17. The molecular formula is C15H22N2O2. The summed E-state index contributed by atoms with van der Waals surface area (Å²) in [7, 11) is 1.58. The molecule has 1 saturated heterocycles. The van der Waals surface area contributed by atoms with E-state index in [-0.39, 0.29) is 5.91 Å². The summed E-state index contributed by atoms with van der Waals surface area (Å²) in [6.07, 6.45) is 5.89. The molecule has 4 heteroatoms. The van der Waals surface area contributed by atoms with Crippen LogP contribution in [0.15, 0.2) is 18.2 Å². The van der Waals surface area contributed by atoms with Gasteiger partial charge in [0.1, 0.15) is 5.75 Å².